The van der Waals surface area contributed by atoms with E-state index in [1.165, 1.54) is 32.9 Å². The van der Waals surface area contributed by atoms with Crippen molar-refractivity contribution in [3.8, 4) is 11.1 Å². The number of rotatable bonds is 6. The second-order valence-electron chi connectivity index (χ2n) is 10.3. The molecule has 2 aliphatic rings. The van der Waals surface area contributed by atoms with E-state index in [0.717, 1.165) is 0 Å². The van der Waals surface area contributed by atoms with Crippen LogP contribution in [0.15, 0.2) is 144 Å². The van der Waals surface area contributed by atoms with E-state index in [9.17, 15) is 0 Å². The van der Waals surface area contributed by atoms with Gasteiger partial charge in [-0.1, -0.05) is 0 Å². The van der Waals surface area contributed by atoms with Crippen molar-refractivity contribution in [1.29, 1.82) is 0 Å². The fourth-order valence-electron chi connectivity index (χ4n) is 6.09. The fraction of sp³-hybridized carbons (Fsp3) is 0.0811. The largest absolute Gasteiger partial charge is 1.00 e. The topological polar surface area (TPSA) is 0 Å². The molecule has 0 heterocycles. The maximum absolute atomic E-state index is 2.56. The Morgan fingerprint density at radius 3 is 1.76 bits per heavy atom. The molecule has 0 radical (unpaired) electrons. The van der Waals surface area contributed by atoms with E-state index in [2.05, 4.69) is 153 Å². The average Bonchev–Trinajstić information content (AvgIpc) is 3.52. The van der Waals surface area contributed by atoms with Gasteiger partial charge in [0.1, 0.15) is 0 Å². The van der Waals surface area contributed by atoms with Crippen LogP contribution >= 0.6 is 7.92 Å². The first-order chi connectivity index (χ1) is 19.3. The molecule has 0 bridgehead atoms. The Labute approximate surface area is 268 Å². The van der Waals surface area contributed by atoms with Crippen LogP contribution in [-0.4, -0.2) is 0 Å². The maximum Gasteiger partial charge on any atom is -1.00 e. The quantitative estimate of drug-likeness (QED) is 0.185. The molecule has 0 spiro atoms. The summed E-state index contributed by atoms with van der Waals surface area (Å²) in [7, 11) is -0.592. The molecule has 0 nitrogen and oxygen atoms in total. The van der Waals surface area contributed by atoms with Gasteiger partial charge in [-0.3, -0.25) is 0 Å². The van der Waals surface area contributed by atoms with Gasteiger partial charge in [-0.05, 0) is 0 Å². The molecule has 4 heteroatoms. The number of fused-ring (bicyclic) bond motifs is 2. The molecule has 41 heavy (non-hydrogen) atoms. The summed E-state index contributed by atoms with van der Waals surface area (Å²) in [5, 5.41) is 4.57. The van der Waals surface area contributed by atoms with Crippen molar-refractivity contribution < 1.29 is 47.7 Å². The molecule has 0 amide bonds. The molecule has 5 aromatic carbocycles. The van der Waals surface area contributed by atoms with Crippen LogP contribution in [0.3, 0.4) is 0 Å². The fourth-order valence-corrected chi connectivity index (χ4v) is 17.1. The van der Waals surface area contributed by atoms with Crippen molar-refractivity contribution >= 4 is 30.7 Å². The SMILES string of the molecule is CC1=Cc2c(-c3ccccc3)cccc2[CH]1[Hf+2][CH]1C(P(c2ccccc2)c2ccccc2)=Cc2ccccc21.[Cl-].[Cl-]. The van der Waals surface area contributed by atoms with Crippen molar-refractivity contribution in [3.63, 3.8) is 0 Å². The average molecular weight is 754 g/mol. The molecule has 7 rings (SSSR count). The van der Waals surface area contributed by atoms with E-state index in [1.807, 2.05) is 0 Å². The molecule has 2 aliphatic carbocycles. The third kappa shape index (κ3) is 5.76. The zero-order valence-electron chi connectivity index (χ0n) is 22.7. The van der Waals surface area contributed by atoms with Crippen LogP contribution in [0.5, 0.6) is 0 Å². The van der Waals surface area contributed by atoms with Crippen LogP contribution in [0.4, 0.5) is 0 Å². The van der Waals surface area contributed by atoms with Gasteiger partial charge in [0.05, 0.1) is 0 Å². The first-order valence-electron chi connectivity index (χ1n) is 13.6. The van der Waals surface area contributed by atoms with Gasteiger partial charge >= 0.3 is 246 Å². The molecule has 0 saturated carbocycles. The Morgan fingerprint density at radius 1 is 0.537 bits per heavy atom. The van der Waals surface area contributed by atoms with Gasteiger partial charge in [-0.2, -0.15) is 0 Å². The van der Waals surface area contributed by atoms with Crippen molar-refractivity contribution in [1.82, 2.24) is 0 Å². The Kier molecular flexibility index (Phi) is 9.63. The minimum Gasteiger partial charge on any atom is -1.00 e. The normalized spacial score (nSPS) is 16.4. The molecule has 0 saturated heterocycles. The van der Waals surface area contributed by atoms with E-state index in [0.29, 0.717) is 7.35 Å². The predicted octanol–water partition coefficient (Wildman–Crippen LogP) is 3.13. The summed E-state index contributed by atoms with van der Waals surface area (Å²) >= 11 is -1.30. The minimum absolute atomic E-state index is 0. The first kappa shape index (κ1) is 29.9. The third-order valence-corrected chi connectivity index (χ3v) is 18.7. The molecule has 5 aromatic rings. The molecular formula is C37H29Cl2HfP. The predicted molar refractivity (Wildman–Crippen MR) is 165 cm³/mol. The Hall–Kier alpha value is -2.54. The zero-order chi connectivity index (χ0) is 26.2. The van der Waals surface area contributed by atoms with Crippen molar-refractivity contribution in [2.75, 3.05) is 0 Å². The Bertz CT molecular complexity index is 1660. The van der Waals surface area contributed by atoms with Crippen LogP contribution < -0.4 is 35.4 Å². The van der Waals surface area contributed by atoms with E-state index in [1.54, 1.807) is 22.0 Å². The summed E-state index contributed by atoms with van der Waals surface area (Å²) in [5.41, 5.74) is 10.3. The second-order valence-corrected chi connectivity index (χ2v) is 17.9. The summed E-state index contributed by atoms with van der Waals surface area (Å²) in [6, 6.07) is 49.6. The zero-order valence-corrected chi connectivity index (χ0v) is 28.7. The first-order valence-corrected chi connectivity index (χ1v) is 19.1. The monoisotopic (exact) mass is 754 g/mol. The molecule has 0 aromatic heterocycles. The van der Waals surface area contributed by atoms with Gasteiger partial charge in [0.2, 0.25) is 0 Å². The van der Waals surface area contributed by atoms with Crippen LogP contribution in [0.2, 0.25) is 0 Å². The van der Waals surface area contributed by atoms with E-state index < -0.39 is 30.8 Å². The molecule has 2 atom stereocenters. The summed E-state index contributed by atoms with van der Waals surface area (Å²) in [6.07, 6.45) is 5.06. The van der Waals surface area contributed by atoms with E-state index in [-0.39, 0.29) is 24.8 Å². The number of halogens is 2. The number of hydrogen-bond donors (Lipinski definition) is 0. The number of benzene rings is 5. The smallest absolute Gasteiger partial charge is 1.00 e. The standard InChI is InChI=1S/C21H16P.C16H13.2ClH.Hf/c1-3-11-19(12-4-1)22(20-13-5-2-6-14-20)21-15-17-9-7-8-10-18(17)16-21;1-12-10-14-8-5-9-15(16(14)11-12)13-6-3-2-4-7-13;;;/h1-16H;2-11H,1H3;2*1H;/q;;;;+2/p-2. The maximum atomic E-state index is 2.56. The van der Waals surface area contributed by atoms with Gasteiger partial charge in [-0.25, -0.2) is 0 Å². The number of hydrogen-bond acceptors (Lipinski definition) is 0. The van der Waals surface area contributed by atoms with E-state index in [4.69, 9.17) is 0 Å². The number of allylic oxidation sites excluding steroid dienone is 2. The van der Waals surface area contributed by atoms with Crippen LogP contribution in [0, 0.1) is 0 Å². The second kappa shape index (κ2) is 13.2. The van der Waals surface area contributed by atoms with Gasteiger partial charge < -0.3 is 24.8 Å². The van der Waals surface area contributed by atoms with Crippen LogP contribution in [0.1, 0.15) is 36.5 Å². The molecule has 0 N–H and O–H groups in total. The minimum atomic E-state index is -1.30. The summed E-state index contributed by atoms with van der Waals surface area (Å²) < 4.78 is 1.18. The van der Waals surface area contributed by atoms with Crippen LogP contribution in [-0.2, 0) is 22.9 Å². The Morgan fingerprint density at radius 2 is 1.10 bits per heavy atom. The summed E-state index contributed by atoms with van der Waals surface area (Å²) in [4.78, 5) is 0. The van der Waals surface area contributed by atoms with Crippen molar-refractivity contribution in [2.45, 2.75) is 14.3 Å². The van der Waals surface area contributed by atoms with E-state index >= 15 is 0 Å². The molecule has 0 fully saturated rings. The molecular weight excluding hydrogens is 725 g/mol. The van der Waals surface area contributed by atoms with Gasteiger partial charge in [0.25, 0.3) is 0 Å². The summed E-state index contributed by atoms with van der Waals surface area (Å²) in [5.74, 6) is 0. The molecule has 200 valence electrons. The van der Waals surface area contributed by atoms with Gasteiger partial charge in [-0.15, -0.1) is 0 Å². The third-order valence-electron chi connectivity index (χ3n) is 7.89. The summed E-state index contributed by atoms with van der Waals surface area (Å²) in [6.45, 7) is 2.38. The van der Waals surface area contributed by atoms with Gasteiger partial charge in [0.15, 0.2) is 0 Å². The van der Waals surface area contributed by atoms with Crippen molar-refractivity contribution in [2.24, 2.45) is 0 Å². The van der Waals surface area contributed by atoms with Crippen molar-refractivity contribution in [3.05, 3.63) is 167 Å². The molecule has 2 unspecified atom stereocenters. The van der Waals surface area contributed by atoms with Crippen LogP contribution in [0.25, 0.3) is 23.3 Å². The molecule has 0 aliphatic heterocycles. The Balaban J connectivity index is 0.00000169. The van der Waals surface area contributed by atoms with Gasteiger partial charge in [0, 0.05) is 0 Å².